The van der Waals surface area contributed by atoms with Crippen LogP contribution in [0.1, 0.15) is 42.2 Å². The van der Waals surface area contributed by atoms with Crippen molar-refractivity contribution in [3.8, 4) is 16.9 Å². The summed E-state index contributed by atoms with van der Waals surface area (Å²) in [6.45, 7) is 1.80. The number of anilines is 1. The summed E-state index contributed by atoms with van der Waals surface area (Å²) in [5.74, 6) is 6.69. The highest BCUT2D eigenvalue weighted by Crippen LogP contribution is 2.64. The normalized spacial score (nSPS) is 18.9. The van der Waals surface area contributed by atoms with Crippen molar-refractivity contribution in [3.05, 3.63) is 65.1 Å². The topological polar surface area (TPSA) is 119 Å². The van der Waals surface area contributed by atoms with Crippen LogP contribution in [0.5, 0.6) is 5.06 Å². The monoisotopic (exact) mass is 530 g/mol. The Balaban J connectivity index is 1.16. The molecule has 2 aliphatic heterocycles. The average molecular weight is 531 g/mol. The summed E-state index contributed by atoms with van der Waals surface area (Å²) in [6.07, 6.45) is 3.90. The molecule has 184 valence electrons. The van der Waals surface area contributed by atoms with Gasteiger partial charge in [-0.2, -0.15) is 0 Å². The second-order valence-corrected chi connectivity index (χ2v) is 11.2. The average Bonchev–Trinajstić information content (AvgIpc) is 3.56. The number of carbonyl (C=O) groups excluding carboxylic acids is 1. The van der Waals surface area contributed by atoms with Gasteiger partial charge in [0, 0.05) is 11.6 Å². The molecule has 3 aromatic heterocycles. The van der Waals surface area contributed by atoms with Crippen LogP contribution in [0.25, 0.3) is 11.0 Å². The standard InChI is InChI=1S/C26H18N4O5S2/c1-14(15-5-3-2-4-6-15)33-25(32)29-20-16-9-12-27-13-18(16)34-17(20)7-8-19-28-21-22(36-19)35-37-23(30-21)26(10-11-26)24(37)31/h2-6,9,12-14,31H,10-11H2,1H3,(H,29,32). The summed E-state index contributed by atoms with van der Waals surface area (Å²) in [6, 6.07) is 11.2. The third-order valence-corrected chi connectivity index (χ3v) is 9.27. The number of nitrogens with zero attached hydrogens (tertiary/aromatic N) is 3. The van der Waals surface area contributed by atoms with E-state index < -0.39 is 23.0 Å². The largest absolute Gasteiger partial charge is 0.444 e. The van der Waals surface area contributed by atoms with E-state index >= 15 is 0 Å². The molecule has 1 fully saturated rings. The molecule has 11 heteroatoms. The number of aromatic nitrogens is 2. The number of rotatable bonds is 3. The first-order valence-electron chi connectivity index (χ1n) is 11.5. The van der Waals surface area contributed by atoms with Gasteiger partial charge in [0.15, 0.2) is 10.6 Å². The molecule has 1 aromatic carbocycles. The lowest BCUT2D eigenvalue weighted by Gasteiger charge is -2.33. The number of aliphatic hydroxyl groups excluding tert-OH is 1. The summed E-state index contributed by atoms with van der Waals surface area (Å²) in [5.41, 5.74) is 1.48. The first kappa shape index (κ1) is 22.2. The van der Waals surface area contributed by atoms with Gasteiger partial charge in [0.1, 0.15) is 21.9 Å². The molecule has 1 aliphatic carbocycles. The number of aliphatic imine (C=N–C) groups is 1. The van der Waals surface area contributed by atoms with Gasteiger partial charge in [-0.25, -0.2) is 14.8 Å². The number of amides is 1. The van der Waals surface area contributed by atoms with Crippen molar-refractivity contribution in [2.75, 3.05) is 5.32 Å². The van der Waals surface area contributed by atoms with Crippen molar-refractivity contribution >= 4 is 60.8 Å². The third-order valence-electron chi connectivity index (χ3n) is 6.42. The summed E-state index contributed by atoms with van der Waals surface area (Å²) >= 11 is 1.25. The zero-order valence-electron chi connectivity index (χ0n) is 19.3. The maximum Gasteiger partial charge on any atom is 0.412 e. The molecular formula is C26H18N4O5S2. The van der Waals surface area contributed by atoms with Gasteiger partial charge in [-0.05, 0) is 43.2 Å². The molecule has 0 bridgehead atoms. The fourth-order valence-corrected chi connectivity index (χ4v) is 7.10. The van der Waals surface area contributed by atoms with Crippen molar-refractivity contribution in [2.45, 2.75) is 25.9 Å². The Labute approximate surface area is 217 Å². The Bertz CT molecular complexity index is 1720. The van der Waals surface area contributed by atoms with E-state index in [9.17, 15) is 9.90 Å². The quantitative estimate of drug-likeness (QED) is 0.243. The fourth-order valence-electron chi connectivity index (χ4n) is 4.28. The van der Waals surface area contributed by atoms with E-state index in [0.29, 0.717) is 37.6 Å². The van der Waals surface area contributed by atoms with Gasteiger partial charge in [-0.3, -0.25) is 10.3 Å². The van der Waals surface area contributed by atoms with Crippen LogP contribution in [-0.2, 0) is 4.74 Å². The molecule has 7 rings (SSSR count). The minimum atomic E-state index is -0.776. The van der Waals surface area contributed by atoms with Crippen molar-refractivity contribution in [1.82, 2.24) is 9.97 Å². The van der Waals surface area contributed by atoms with Crippen LogP contribution in [0.4, 0.5) is 16.3 Å². The number of pyridine rings is 1. The number of fused-ring (bicyclic) bond motifs is 4. The lowest BCUT2D eigenvalue weighted by atomic mass is 10.1. The zero-order valence-corrected chi connectivity index (χ0v) is 21.0. The van der Waals surface area contributed by atoms with Gasteiger partial charge in [0.2, 0.25) is 16.6 Å². The molecule has 5 heterocycles. The molecule has 3 aliphatic rings. The number of thiazole rings is 1. The van der Waals surface area contributed by atoms with E-state index in [1.807, 2.05) is 30.3 Å². The Morgan fingerprint density at radius 2 is 2.11 bits per heavy atom. The number of hydrogen-bond acceptors (Lipinski definition) is 8. The molecule has 37 heavy (non-hydrogen) atoms. The second-order valence-electron chi connectivity index (χ2n) is 8.80. The molecular weight excluding hydrogens is 512 g/mol. The minimum absolute atomic E-state index is 0.248. The van der Waals surface area contributed by atoms with Gasteiger partial charge in [0.25, 0.3) is 0 Å². The number of carbonyl (C=O) groups is 1. The highest BCUT2D eigenvalue weighted by atomic mass is 32.2. The lowest BCUT2D eigenvalue weighted by molar-refractivity contribution is 0.121. The number of nitrogens with one attached hydrogen (secondary N) is 1. The summed E-state index contributed by atoms with van der Waals surface area (Å²) < 4.78 is 17.4. The molecule has 1 amide bonds. The zero-order chi connectivity index (χ0) is 25.1. The van der Waals surface area contributed by atoms with Gasteiger partial charge < -0.3 is 18.4 Å². The van der Waals surface area contributed by atoms with Crippen LogP contribution in [0.2, 0.25) is 0 Å². The highest BCUT2D eigenvalue weighted by molar-refractivity contribution is 8.27. The first-order chi connectivity index (χ1) is 18.0. The van der Waals surface area contributed by atoms with Crippen molar-refractivity contribution in [2.24, 2.45) is 10.4 Å². The molecule has 1 spiro atoms. The lowest BCUT2D eigenvalue weighted by Crippen LogP contribution is -2.38. The molecule has 0 radical (unpaired) electrons. The molecule has 9 nitrogen and oxygen atoms in total. The van der Waals surface area contributed by atoms with Crippen LogP contribution in [0.15, 0.2) is 58.2 Å². The van der Waals surface area contributed by atoms with Crippen molar-refractivity contribution in [3.63, 3.8) is 0 Å². The Morgan fingerprint density at radius 1 is 1.27 bits per heavy atom. The van der Waals surface area contributed by atoms with Gasteiger partial charge >= 0.3 is 6.09 Å². The van der Waals surface area contributed by atoms with E-state index in [1.165, 1.54) is 11.3 Å². The second kappa shape index (κ2) is 8.27. The smallest absolute Gasteiger partial charge is 0.412 e. The molecule has 0 saturated heterocycles. The summed E-state index contributed by atoms with van der Waals surface area (Å²) in [4.78, 5) is 26.0. The first-order valence-corrected chi connectivity index (χ1v) is 13.5. The van der Waals surface area contributed by atoms with Crippen LogP contribution in [0.3, 0.4) is 0 Å². The number of benzene rings is 1. The molecule has 2 N–H and O–H groups in total. The van der Waals surface area contributed by atoms with Crippen LogP contribution in [0, 0.1) is 17.3 Å². The van der Waals surface area contributed by atoms with Crippen LogP contribution < -0.4 is 9.50 Å². The summed E-state index contributed by atoms with van der Waals surface area (Å²) in [7, 11) is -0.776. The van der Waals surface area contributed by atoms with Gasteiger partial charge in [0.05, 0.1) is 22.4 Å². The number of aliphatic hydroxyl groups is 1. The van der Waals surface area contributed by atoms with Crippen LogP contribution in [-0.4, -0.2) is 31.3 Å². The number of furan rings is 1. The minimum Gasteiger partial charge on any atom is -0.444 e. The van der Waals surface area contributed by atoms with E-state index in [0.717, 1.165) is 23.4 Å². The molecule has 2 atom stereocenters. The predicted octanol–water partition coefficient (Wildman–Crippen LogP) is 6.08. The van der Waals surface area contributed by atoms with Crippen molar-refractivity contribution < 1.29 is 23.2 Å². The third kappa shape index (κ3) is 3.64. The van der Waals surface area contributed by atoms with E-state index in [4.69, 9.17) is 13.3 Å². The maximum absolute atomic E-state index is 12.7. The Kier molecular flexibility index (Phi) is 4.97. The van der Waals surface area contributed by atoms with Crippen LogP contribution >= 0.6 is 22.1 Å². The maximum atomic E-state index is 12.7. The Morgan fingerprint density at radius 3 is 2.92 bits per heavy atom. The molecule has 1 saturated carbocycles. The van der Waals surface area contributed by atoms with Gasteiger partial charge in [-0.1, -0.05) is 41.7 Å². The SMILES string of the molecule is CC(OC(=O)Nc1c(C#Cc2nc3c(s2)OS2=C(O)C4(CC4)C2=N3)oc2cnccc12)c1ccccc1. The Hall–Kier alpha value is -3.98. The number of hydrogen-bond donors (Lipinski definition) is 2. The van der Waals surface area contributed by atoms with E-state index in [1.54, 1.807) is 25.4 Å². The summed E-state index contributed by atoms with van der Waals surface area (Å²) in [5, 5.41) is 16.0. The fraction of sp³-hybridized carbons (Fsp3) is 0.192. The molecule has 2 unspecified atom stereocenters. The number of ether oxygens (including phenoxy) is 1. The van der Waals surface area contributed by atoms with Gasteiger partial charge in [-0.15, -0.1) is 0 Å². The highest BCUT2D eigenvalue weighted by Gasteiger charge is 2.62. The van der Waals surface area contributed by atoms with Crippen molar-refractivity contribution in [1.29, 1.82) is 0 Å². The predicted molar refractivity (Wildman–Crippen MR) is 142 cm³/mol. The van der Waals surface area contributed by atoms with E-state index in [2.05, 4.69) is 32.1 Å². The molecule has 4 aromatic rings. The van der Waals surface area contributed by atoms with E-state index in [-0.39, 0.29) is 11.2 Å².